The fraction of sp³-hybridized carbons (Fsp3) is 0.346. The minimum Gasteiger partial charge on any atom is -0.481 e. The van der Waals surface area contributed by atoms with Gasteiger partial charge in [-0.05, 0) is 24.1 Å². The second-order valence-corrected chi connectivity index (χ2v) is 9.39. The van der Waals surface area contributed by atoms with Crippen molar-refractivity contribution in [2.45, 2.75) is 60.4 Å². The summed E-state index contributed by atoms with van der Waals surface area (Å²) in [6.45, 7) is 11.4. The van der Waals surface area contributed by atoms with E-state index >= 15 is 0 Å². The lowest BCUT2D eigenvalue weighted by molar-refractivity contribution is -0.135. The van der Waals surface area contributed by atoms with Crippen molar-refractivity contribution in [3.63, 3.8) is 0 Å². The number of nitrogens with one attached hydrogen (secondary N) is 1. The van der Waals surface area contributed by atoms with Crippen molar-refractivity contribution < 1.29 is 39.0 Å². The maximum absolute atomic E-state index is 12.4. The molecule has 0 radical (unpaired) electrons. The van der Waals surface area contributed by atoms with Crippen molar-refractivity contribution in [1.82, 2.24) is 35.0 Å². The van der Waals surface area contributed by atoms with Gasteiger partial charge in [-0.1, -0.05) is 38.1 Å². The van der Waals surface area contributed by atoms with Crippen LogP contribution in [0.5, 0.6) is 0 Å². The quantitative estimate of drug-likeness (QED) is 0.277. The first-order valence-corrected chi connectivity index (χ1v) is 12.0. The van der Waals surface area contributed by atoms with Crippen molar-refractivity contribution in [3.8, 4) is 11.3 Å². The van der Waals surface area contributed by atoms with Crippen LogP contribution in [-0.2, 0) is 26.3 Å². The highest BCUT2D eigenvalue weighted by Crippen LogP contribution is 2.24. The van der Waals surface area contributed by atoms with E-state index in [0.717, 1.165) is 48.7 Å². The van der Waals surface area contributed by atoms with Gasteiger partial charge in [0.25, 0.3) is 29.6 Å². The Morgan fingerprint density at radius 3 is 2.10 bits per heavy atom. The van der Waals surface area contributed by atoms with E-state index in [4.69, 9.17) is 34.2 Å². The normalized spacial score (nSPS) is 10.1. The van der Waals surface area contributed by atoms with Gasteiger partial charge in [-0.3, -0.25) is 19.2 Å². The lowest BCUT2D eigenvalue weighted by Gasteiger charge is -2.10. The van der Waals surface area contributed by atoms with Crippen molar-refractivity contribution in [2.24, 2.45) is 0 Å². The average molecular weight is 572 g/mol. The molecule has 4 rings (SSSR count). The number of aromatic nitrogens is 6. The van der Waals surface area contributed by atoms with Gasteiger partial charge >= 0.3 is 0 Å². The molecule has 0 aliphatic rings. The van der Waals surface area contributed by atoms with E-state index in [0.29, 0.717) is 12.4 Å². The van der Waals surface area contributed by atoms with Crippen LogP contribution in [0, 0.1) is 6.92 Å². The third kappa shape index (κ3) is 12.0. The molecular weight excluding hydrogens is 538 g/mol. The standard InChI is InChI=1S/C20H21N7O2.3C2H4O2/c1-12-7-13(16-15-9-21-11-27(15)24-10-23-16)5-6-14(12)8-22-18(28)17-25-19(29-26-17)20(2,3)4;3*1-2(3)4/h5-7,9-11H,8H2,1-4H3,(H,22,28);3*1H3,(H,3,4). The summed E-state index contributed by atoms with van der Waals surface area (Å²) in [7, 11) is 0. The summed E-state index contributed by atoms with van der Waals surface area (Å²) in [5.41, 5.74) is 4.30. The molecule has 0 saturated carbocycles. The van der Waals surface area contributed by atoms with E-state index in [1.807, 2.05) is 45.9 Å². The summed E-state index contributed by atoms with van der Waals surface area (Å²) >= 11 is 0. The second kappa shape index (κ2) is 15.4. The molecule has 0 aliphatic heterocycles. The van der Waals surface area contributed by atoms with Crippen LogP contribution in [0.2, 0.25) is 0 Å². The number of fused-ring (bicyclic) bond motifs is 1. The van der Waals surface area contributed by atoms with Crippen LogP contribution < -0.4 is 5.32 Å². The molecule has 220 valence electrons. The van der Waals surface area contributed by atoms with Crippen molar-refractivity contribution >= 4 is 29.3 Å². The Balaban J connectivity index is 0.000000597. The smallest absolute Gasteiger partial charge is 0.300 e. The molecular formula is C26H33N7O8. The van der Waals surface area contributed by atoms with Crippen molar-refractivity contribution in [1.29, 1.82) is 0 Å². The van der Waals surface area contributed by atoms with Gasteiger partial charge in [0, 0.05) is 38.3 Å². The first-order chi connectivity index (χ1) is 19.0. The number of amides is 1. The summed E-state index contributed by atoms with van der Waals surface area (Å²) < 4.78 is 6.86. The van der Waals surface area contributed by atoms with Crippen molar-refractivity contribution in [3.05, 3.63) is 59.9 Å². The highest BCUT2D eigenvalue weighted by Gasteiger charge is 2.24. The summed E-state index contributed by atoms with van der Waals surface area (Å²) in [5.74, 6) is -2.41. The van der Waals surface area contributed by atoms with Crippen LogP contribution in [0.1, 0.15) is 69.2 Å². The molecule has 15 nitrogen and oxygen atoms in total. The third-order valence-corrected chi connectivity index (χ3v) is 4.55. The van der Waals surface area contributed by atoms with Crippen LogP contribution in [-0.4, -0.2) is 68.9 Å². The monoisotopic (exact) mass is 571 g/mol. The number of hydrogen-bond acceptors (Lipinski definition) is 10. The van der Waals surface area contributed by atoms with Crippen LogP contribution in [0.15, 0.2) is 41.6 Å². The first kappa shape index (κ1) is 33.8. The molecule has 1 aromatic carbocycles. The van der Waals surface area contributed by atoms with Crippen LogP contribution in [0.25, 0.3) is 16.8 Å². The van der Waals surface area contributed by atoms with E-state index in [1.54, 1.807) is 17.0 Å². The first-order valence-electron chi connectivity index (χ1n) is 12.0. The van der Waals surface area contributed by atoms with Gasteiger partial charge in [0.05, 0.1) is 11.9 Å². The minimum absolute atomic E-state index is 0.0355. The lowest BCUT2D eigenvalue weighted by Crippen LogP contribution is -2.24. The summed E-state index contributed by atoms with van der Waals surface area (Å²) in [6.07, 6.45) is 4.88. The summed E-state index contributed by atoms with van der Waals surface area (Å²) in [5, 5.41) is 33.0. The van der Waals surface area contributed by atoms with Crippen LogP contribution in [0.3, 0.4) is 0 Å². The molecule has 41 heavy (non-hydrogen) atoms. The van der Waals surface area contributed by atoms with E-state index in [-0.39, 0.29) is 17.1 Å². The fourth-order valence-corrected chi connectivity index (χ4v) is 2.89. The Morgan fingerprint density at radius 1 is 1.00 bits per heavy atom. The zero-order chi connectivity index (χ0) is 31.3. The van der Waals surface area contributed by atoms with Gasteiger partial charge in [0.1, 0.15) is 18.2 Å². The number of carboxylic acid groups (broad SMARTS) is 3. The molecule has 4 aromatic rings. The SMILES string of the molecule is CC(=O)O.CC(=O)O.CC(=O)O.Cc1cc(-c2ncnn3cncc23)ccc1CNC(=O)c1noc(C(C)(C)C)n1. The minimum atomic E-state index is -0.833. The topological polar surface area (TPSA) is 223 Å². The fourth-order valence-electron chi connectivity index (χ4n) is 2.89. The predicted octanol–water partition coefficient (Wildman–Crippen LogP) is 2.98. The number of carbonyl (C=O) groups is 4. The number of benzene rings is 1. The summed E-state index contributed by atoms with van der Waals surface area (Å²) in [6, 6.07) is 5.97. The molecule has 0 saturated heterocycles. The highest BCUT2D eigenvalue weighted by molar-refractivity contribution is 5.90. The van der Waals surface area contributed by atoms with Gasteiger partial charge in [-0.15, -0.1) is 0 Å². The van der Waals surface area contributed by atoms with Gasteiger partial charge in [-0.2, -0.15) is 10.1 Å². The number of nitrogens with zero attached hydrogens (tertiary/aromatic N) is 6. The lowest BCUT2D eigenvalue weighted by atomic mass is 9.97. The molecule has 3 aromatic heterocycles. The predicted molar refractivity (Wildman–Crippen MR) is 145 cm³/mol. The molecule has 1 amide bonds. The molecule has 0 aliphatic carbocycles. The molecule has 0 spiro atoms. The number of carboxylic acids is 3. The number of aliphatic carboxylic acids is 3. The molecule has 0 unspecified atom stereocenters. The number of carbonyl (C=O) groups excluding carboxylic acids is 1. The molecule has 4 N–H and O–H groups in total. The average Bonchev–Trinajstić information content (AvgIpc) is 3.52. The molecule has 15 heteroatoms. The Morgan fingerprint density at radius 2 is 1.59 bits per heavy atom. The number of aryl methyl sites for hydroxylation is 1. The zero-order valence-corrected chi connectivity index (χ0v) is 23.7. The maximum atomic E-state index is 12.4. The molecule has 3 heterocycles. The summed E-state index contributed by atoms with van der Waals surface area (Å²) in [4.78, 5) is 52.0. The molecule has 0 fully saturated rings. The van der Waals surface area contributed by atoms with Crippen molar-refractivity contribution in [2.75, 3.05) is 0 Å². The van der Waals surface area contributed by atoms with E-state index in [1.165, 1.54) is 6.33 Å². The van der Waals surface area contributed by atoms with Gasteiger partial charge in [0.2, 0.25) is 5.89 Å². The Kier molecular flexibility index (Phi) is 12.7. The van der Waals surface area contributed by atoms with Gasteiger partial charge in [-0.25, -0.2) is 14.5 Å². The van der Waals surface area contributed by atoms with E-state index in [9.17, 15) is 4.79 Å². The maximum Gasteiger partial charge on any atom is 0.300 e. The number of hydrogen-bond donors (Lipinski definition) is 4. The van der Waals surface area contributed by atoms with Crippen LogP contribution in [0.4, 0.5) is 0 Å². The number of imidazole rings is 1. The second-order valence-electron chi connectivity index (χ2n) is 9.39. The zero-order valence-electron chi connectivity index (χ0n) is 23.7. The van der Waals surface area contributed by atoms with Gasteiger partial charge in [0.15, 0.2) is 0 Å². The largest absolute Gasteiger partial charge is 0.481 e. The van der Waals surface area contributed by atoms with Gasteiger partial charge < -0.3 is 25.2 Å². The number of rotatable bonds is 4. The Bertz CT molecular complexity index is 1450. The Labute approximate surface area is 235 Å². The van der Waals surface area contributed by atoms with E-state index < -0.39 is 17.9 Å². The third-order valence-electron chi connectivity index (χ3n) is 4.55. The van der Waals surface area contributed by atoms with Crippen LogP contribution >= 0.6 is 0 Å². The molecule has 0 atom stereocenters. The highest BCUT2D eigenvalue weighted by atomic mass is 16.5. The Hall–Kier alpha value is -5.21. The molecule has 0 bridgehead atoms. The van der Waals surface area contributed by atoms with E-state index in [2.05, 4.69) is 30.5 Å².